The van der Waals surface area contributed by atoms with Crippen molar-refractivity contribution < 1.29 is 9.90 Å². The van der Waals surface area contributed by atoms with Crippen LogP contribution in [0.4, 0.5) is 17.6 Å². The second-order valence-electron chi connectivity index (χ2n) is 6.92. The number of hydrogen-bond acceptors (Lipinski definition) is 7. The maximum atomic E-state index is 12.0. The Labute approximate surface area is 151 Å². The first kappa shape index (κ1) is 16.6. The third kappa shape index (κ3) is 2.83. The third-order valence-electron chi connectivity index (χ3n) is 5.37. The van der Waals surface area contributed by atoms with E-state index in [1.165, 1.54) is 0 Å². The van der Waals surface area contributed by atoms with Crippen molar-refractivity contribution in [1.29, 1.82) is 0 Å². The van der Waals surface area contributed by atoms with Crippen LogP contribution in [0.3, 0.4) is 0 Å². The lowest BCUT2D eigenvalue weighted by atomic mass is 9.87. The first-order valence-electron chi connectivity index (χ1n) is 8.96. The van der Waals surface area contributed by atoms with Crippen LogP contribution in [-0.2, 0) is 10.3 Å². The number of nitrogens with two attached hydrogens (primary N) is 1. The number of piperidine rings is 1. The van der Waals surface area contributed by atoms with Crippen LogP contribution < -0.4 is 15.5 Å². The van der Waals surface area contributed by atoms with Crippen molar-refractivity contribution in [3.8, 4) is 0 Å². The first-order chi connectivity index (χ1) is 12.6. The average Bonchev–Trinajstić information content (AvgIpc) is 3.35. The predicted molar refractivity (Wildman–Crippen MR) is 97.2 cm³/mol. The molecule has 2 aromatic heterocycles. The summed E-state index contributed by atoms with van der Waals surface area (Å²) in [5.41, 5.74) is 5.00. The van der Waals surface area contributed by atoms with E-state index < -0.39 is 11.5 Å². The quantitative estimate of drug-likeness (QED) is 0.831. The van der Waals surface area contributed by atoms with Gasteiger partial charge in [-0.1, -0.05) is 0 Å². The Bertz CT molecular complexity index is 778. The van der Waals surface area contributed by atoms with Crippen LogP contribution in [0.2, 0.25) is 0 Å². The summed E-state index contributed by atoms with van der Waals surface area (Å²) < 4.78 is 1.57. The number of nitrogen functional groups attached to an aromatic ring is 1. The number of rotatable bonds is 4. The molecule has 138 valence electrons. The van der Waals surface area contributed by atoms with Crippen LogP contribution in [0.1, 0.15) is 25.7 Å². The van der Waals surface area contributed by atoms with Gasteiger partial charge in [0.2, 0.25) is 5.95 Å². The van der Waals surface area contributed by atoms with E-state index in [2.05, 4.69) is 24.9 Å². The molecule has 0 aromatic carbocycles. The Kier molecular flexibility index (Phi) is 4.14. The zero-order chi connectivity index (χ0) is 18.1. The number of aromatic nitrogens is 4. The molecule has 2 fully saturated rings. The lowest BCUT2D eigenvalue weighted by Gasteiger charge is -2.39. The van der Waals surface area contributed by atoms with Crippen molar-refractivity contribution in [1.82, 2.24) is 19.7 Å². The monoisotopic (exact) mass is 357 g/mol. The van der Waals surface area contributed by atoms with Crippen LogP contribution in [0.5, 0.6) is 0 Å². The van der Waals surface area contributed by atoms with Gasteiger partial charge in [0, 0.05) is 57.5 Å². The van der Waals surface area contributed by atoms with Gasteiger partial charge in [0.1, 0.15) is 11.6 Å². The van der Waals surface area contributed by atoms with E-state index in [1.807, 2.05) is 0 Å². The zero-order valence-corrected chi connectivity index (χ0v) is 14.6. The van der Waals surface area contributed by atoms with Crippen LogP contribution in [0, 0.1) is 0 Å². The van der Waals surface area contributed by atoms with Crippen molar-refractivity contribution in [3.63, 3.8) is 0 Å². The standard InChI is InChI=1S/C17H23N7O2/c18-13-12-14(21-16(20-13)23-7-1-2-8-23)22-10-4-17(5-11-22,15(25)26)24-9-3-6-19-24/h3,6,9,12H,1-2,4-5,7-8,10-11H2,(H,25,26)(H2,18,20,21). The molecule has 0 radical (unpaired) electrons. The smallest absolute Gasteiger partial charge is 0.331 e. The molecule has 0 unspecified atom stereocenters. The van der Waals surface area contributed by atoms with E-state index in [0.29, 0.717) is 37.7 Å². The first-order valence-corrected chi connectivity index (χ1v) is 8.96. The fraction of sp³-hybridized carbons (Fsp3) is 0.529. The molecule has 2 aliphatic rings. The van der Waals surface area contributed by atoms with Gasteiger partial charge in [0.05, 0.1) is 0 Å². The second kappa shape index (κ2) is 6.47. The van der Waals surface area contributed by atoms with Crippen molar-refractivity contribution in [2.75, 3.05) is 41.7 Å². The second-order valence-corrected chi connectivity index (χ2v) is 6.92. The molecule has 2 aromatic rings. The lowest BCUT2D eigenvalue weighted by Crippen LogP contribution is -2.51. The number of aliphatic carboxylic acids is 1. The third-order valence-corrected chi connectivity index (χ3v) is 5.37. The van der Waals surface area contributed by atoms with E-state index in [-0.39, 0.29) is 0 Å². The number of carboxylic acid groups (broad SMARTS) is 1. The highest BCUT2D eigenvalue weighted by Crippen LogP contribution is 2.32. The van der Waals surface area contributed by atoms with Gasteiger partial charge >= 0.3 is 5.97 Å². The zero-order valence-electron chi connectivity index (χ0n) is 14.6. The Balaban J connectivity index is 1.55. The Morgan fingerprint density at radius 1 is 1.12 bits per heavy atom. The maximum Gasteiger partial charge on any atom is 0.331 e. The Hall–Kier alpha value is -2.84. The summed E-state index contributed by atoms with van der Waals surface area (Å²) in [5.74, 6) is 1.03. The SMILES string of the molecule is Nc1cc(N2CCC(C(=O)O)(n3cccn3)CC2)nc(N2CCCC2)n1. The summed E-state index contributed by atoms with van der Waals surface area (Å²) in [6, 6.07) is 3.52. The number of carbonyl (C=O) groups is 1. The average molecular weight is 357 g/mol. The minimum atomic E-state index is -1.00. The minimum absolute atomic E-state index is 0.444. The maximum absolute atomic E-state index is 12.0. The molecule has 0 amide bonds. The molecular weight excluding hydrogens is 334 g/mol. The van der Waals surface area contributed by atoms with Crippen LogP contribution in [0.25, 0.3) is 0 Å². The van der Waals surface area contributed by atoms with E-state index in [9.17, 15) is 9.90 Å². The normalized spacial score (nSPS) is 19.7. The van der Waals surface area contributed by atoms with Gasteiger partial charge in [0.25, 0.3) is 0 Å². The van der Waals surface area contributed by atoms with Crippen molar-refractivity contribution >= 4 is 23.6 Å². The van der Waals surface area contributed by atoms with Gasteiger partial charge in [-0.3, -0.25) is 4.68 Å². The molecule has 4 heterocycles. The fourth-order valence-corrected chi connectivity index (χ4v) is 3.83. The number of nitrogens with zero attached hydrogens (tertiary/aromatic N) is 6. The molecule has 4 rings (SSSR count). The number of anilines is 3. The van der Waals surface area contributed by atoms with E-state index >= 15 is 0 Å². The summed E-state index contributed by atoms with van der Waals surface area (Å²) in [6.07, 6.45) is 6.52. The minimum Gasteiger partial charge on any atom is -0.479 e. The lowest BCUT2D eigenvalue weighted by molar-refractivity contribution is -0.149. The van der Waals surface area contributed by atoms with Gasteiger partial charge in [-0.25, -0.2) is 4.79 Å². The van der Waals surface area contributed by atoms with Gasteiger partial charge in [0.15, 0.2) is 5.54 Å². The summed E-state index contributed by atoms with van der Waals surface area (Å²) in [5, 5.41) is 14.0. The van der Waals surface area contributed by atoms with Crippen LogP contribution in [-0.4, -0.2) is 57.0 Å². The molecule has 0 aliphatic carbocycles. The van der Waals surface area contributed by atoms with E-state index in [0.717, 1.165) is 31.7 Å². The van der Waals surface area contributed by atoms with Crippen LogP contribution >= 0.6 is 0 Å². The Morgan fingerprint density at radius 2 is 1.85 bits per heavy atom. The number of carboxylic acids is 1. The van der Waals surface area contributed by atoms with Crippen molar-refractivity contribution in [2.45, 2.75) is 31.2 Å². The molecule has 3 N–H and O–H groups in total. The molecular formula is C17H23N7O2. The predicted octanol–water partition coefficient (Wildman–Crippen LogP) is 0.936. The largest absolute Gasteiger partial charge is 0.479 e. The molecule has 26 heavy (non-hydrogen) atoms. The Morgan fingerprint density at radius 3 is 2.46 bits per heavy atom. The topological polar surface area (TPSA) is 113 Å². The van der Waals surface area contributed by atoms with Gasteiger partial charge in [-0.15, -0.1) is 0 Å². The molecule has 0 spiro atoms. The molecule has 2 saturated heterocycles. The summed E-state index contributed by atoms with van der Waals surface area (Å²) in [7, 11) is 0. The fourth-order valence-electron chi connectivity index (χ4n) is 3.83. The summed E-state index contributed by atoms with van der Waals surface area (Å²) in [4.78, 5) is 25.3. The molecule has 0 saturated carbocycles. The van der Waals surface area contributed by atoms with E-state index in [4.69, 9.17) is 5.73 Å². The highest BCUT2D eigenvalue weighted by atomic mass is 16.4. The highest BCUT2D eigenvalue weighted by molar-refractivity contribution is 5.77. The number of hydrogen-bond donors (Lipinski definition) is 2. The molecule has 9 heteroatoms. The van der Waals surface area contributed by atoms with E-state index in [1.54, 1.807) is 29.2 Å². The van der Waals surface area contributed by atoms with Crippen molar-refractivity contribution in [2.24, 2.45) is 0 Å². The summed E-state index contributed by atoms with van der Waals surface area (Å²) in [6.45, 7) is 3.04. The molecule has 0 atom stereocenters. The van der Waals surface area contributed by atoms with Gasteiger partial charge in [-0.2, -0.15) is 15.1 Å². The molecule has 0 bridgehead atoms. The highest BCUT2D eigenvalue weighted by Gasteiger charge is 2.44. The molecule has 9 nitrogen and oxygen atoms in total. The van der Waals surface area contributed by atoms with Gasteiger partial charge < -0.3 is 20.6 Å². The van der Waals surface area contributed by atoms with Crippen LogP contribution in [0.15, 0.2) is 24.5 Å². The van der Waals surface area contributed by atoms with Crippen molar-refractivity contribution in [3.05, 3.63) is 24.5 Å². The molecule has 2 aliphatic heterocycles. The van der Waals surface area contributed by atoms with Gasteiger partial charge in [-0.05, 0) is 18.9 Å². The summed E-state index contributed by atoms with van der Waals surface area (Å²) >= 11 is 0.